The highest BCUT2D eigenvalue weighted by Gasteiger charge is 2.12. The summed E-state index contributed by atoms with van der Waals surface area (Å²) in [6, 6.07) is 17.1. The normalized spacial score (nSPS) is 11.7. The van der Waals surface area contributed by atoms with E-state index in [1.165, 1.54) is 0 Å². The van der Waals surface area contributed by atoms with Crippen molar-refractivity contribution in [3.63, 3.8) is 0 Å². The van der Waals surface area contributed by atoms with Gasteiger partial charge < -0.3 is 15.5 Å². The number of amides is 2. The summed E-state index contributed by atoms with van der Waals surface area (Å²) < 4.78 is 0. The Labute approximate surface area is 155 Å². The Bertz CT molecular complexity index is 710. The number of nitrogens with one attached hydrogen (secondary N) is 2. The van der Waals surface area contributed by atoms with Crippen LogP contribution in [0.5, 0.6) is 0 Å². The van der Waals surface area contributed by atoms with Crippen LogP contribution in [0.25, 0.3) is 0 Å². The molecule has 5 heteroatoms. The maximum atomic E-state index is 12.3. The first kappa shape index (κ1) is 19.7. The number of hydrogen-bond acceptors (Lipinski definition) is 3. The molecule has 0 aliphatic heterocycles. The van der Waals surface area contributed by atoms with E-state index in [0.29, 0.717) is 24.3 Å². The molecule has 0 bridgehead atoms. The molecular weight excluding hydrogens is 326 g/mol. The minimum absolute atomic E-state index is 0.00577. The molecule has 2 N–H and O–H groups in total. The third-order valence-electron chi connectivity index (χ3n) is 4.33. The van der Waals surface area contributed by atoms with Crippen LogP contribution in [0.3, 0.4) is 0 Å². The number of nitrogens with zero attached hydrogens (tertiary/aromatic N) is 1. The zero-order valence-corrected chi connectivity index (χ0v) is 15.7. The van der Waals surface area contributed by atoms with E-state index in [1.54, 1.807) is 29.2 Å². The molecule has 0 saturated carbocycles. The molecule has 2 rings (SSSR count). The van der Waals surface area contributed by atoms with Crippen molar-refractivity contribution in [1.82, 2.24) is 10.2 Å². The monoisotopic (exact) mass is 353 g/mol. The number of carbonyl (C=O) groups excluding carboxylic acids is 2. The van der Waals surface area contributed by atoms with Crippen LogP contribution >= 0.6 is 0 Å². The molecule has 26 heavy (non-hydrogen) atoms. The maximum Gasteiger partial charge on any atom is 0.253 e. The summed E-state index contributed by atoms with van der Waals surface area (Å²) in [5.74, 6) is -0.109. The molecule has 0 spiro atoms. The van der Waals surface area contributed by atoms with Gasteiger partial charge in [0, 0.05) is 30.4 Å². The molecule has 0 fully saturated rings. The Morgan fingerprint density at radius 2 is 1.58 bits per heavy atom. The third kappa shape index (κ3) is 5.43. The molecule has 0 aliphatic carbocycles. The van der Waals surface area contributed by atoms with Gasteiger partial charge in [-0.15, -0.1) is 0 Å². The number of hydrogen-bond donors (Lipinski definition) is 2. The lowest BCUT2D eigenvalue weighted by Gasteiger charge is -2.18. The van der Waals surface area contributed by atoms with Gasteiger partial charge in [-0.1, -0.05) is 30.3 Å². The summed E-state index contributed by atoms with van der Waals surface area (Å²) in [5.41, 5.74) is 2.45. The Kier molecular flexibility index (Phi) is 7.36. The van der Waals surface area contributed by atoms with Crippen molar-refractivity contribution in [1.29, 1.82) is 0 Å². The number of carbonyl (C=O) groups is 2. The molecule has 0 unspecified atom stereocenters. The molecule has 0 heterocycles. The molecule has 0 aliphatic rings. The Morgan fingerprint density at radius 1 is 0.962 bits per heavy atom. The van der Waals surface area contributed by atoms with Gasteiger partial charge in [0.15, 0.2) is 0 Å². The van der Waals surface area contributed by atoms with Crippen LogP contribution < -0.4 is 10.6 Å². The van der Waals surface area contributed by atoms with Crippen LogP contribution in [0.4, 0.5) is 5.69 Å². The van der Waals surface area contributed by atoms with Gasteiger partial charge in [-0.05, 0) is 50.6 Å². The smallest absolute Gasteiger partial charge is 0.253 e. The Hall–Kier alpha value is -2.66. The van der Waals surface area contributed by atoms with Gasteiger partial charge in [-0.2, -0.15) is 0 Å². The Morgan fingerprint density at radius 3 is 2.15 bits per heavy atom. The lowest BCUT2D eigenvalue weighted by molar-refractivity contribution is -0.115. The highest BCUT2D eigenvalue weighted by atomic mass is 16.2. The summed E-state index contributed by atoms with van der Waals surface area (Å²) >= 11 is 0. The molecule has 0 aromatic heterocycles. The van der Waals surface area contributed by atoms with Crippen molar-refractivity contribution < 1.29 is 9.59 Å². The van der Waals surface area contributed by atoms with Crippen molar-refractivity contribution in [3.8, 4) is 0 Å². The summed E-state index contributed by atoms with van der Waals surface area (Å²) in [7, 11) is 0. The van der Waals surface area contributed by atoms with Crippen LogP contribution in [0.15, 0.2) is 54.6 Å². The van der Waals surface area contributed by atoms with Crippen molar-refractivity contribution in [2.75, 3.05) is 25.0 Å². The number of rotatable bonds is 8. The fraction of sp³-hybridized carbons (Fsp3) is 0.333. The van der Waals surface area contributed by atoms with E-state index in [0.717, 1.165) is 5.56 Å². The molecular formula is C21H27N3O2. The van der Waals surface area contributed by atoms with Crippen molar-refractivity contribution >= 4 is 17.5 Å². The minimum Gasteiger partial charge on any atom is -0.339 e. The predicted molar refractivity (Wildman–Crippen MR) is 105 cm³/mol. The van der Waals surface area contributed by atoms with Gasteiger partial charge in [0.25, 0.3) is 5.91 Å². The largest absolute Gasteiger partial charge is 0.339 e. The summed E-state index contributed by atoms with van der Waals surface area (Å²) in [5, 5.41) is 6.05. The van der Waals surface area contributed by atoms with E-state index in [4.69, 9.17) is 0 Å². The quantitative estimate of drug-likeness (QED) is 0.764. The Balaban J connectivity index is 1.86. The molecule has 2 amide bonds. The molecule has 1 atom stereocenters. The van der Waals surface area contributed by atoms with E-state index in [9.17, 15) is 9.59 Å². The van der Waals surface area contributed by atoms with Gasteiger partial charge in [-0.3, -0.25) is 9.59 Å². The first-order valence-corrected chi connectivity index (χ1v) is 9.02. The number of anilines is 1. The highest BCUT2D eigenvalue weighted by molar-refractivity contribution is 5.96. The van der Waals surface area contributed by atoms with Gasteiger partial charge in [0.2, 0.25) is 5.91 Å². The zero-order valence-electron chi connectivity index (χ0n) is 15.7. The third-order valence-corrected chi connectivity index (χ3v) is 4.33. The SMILES string of the molecule is CCN(CC)C(=O)c1ccc(NC(=O)CN[C@H](C)c2ccccc2)cc1. The van der Waals surface area contributed by atoms with Gasteiger partial charge in [-0.25, -0.2) is 0 Å². The summed E-state index contributed by atoms with van der Waals surface area (Å²) in [6.07, 6.45) is 0. The van der Waals surface area contributed by atoms with E-state index in [1.807, 2.05) is 51.1 Å². The van der Waals surface area contributed by atoms with Crippen LogP contribution in [0, 0.1) is 0 Å². The van der Waals surface area contributed by atoms with Crippen LogP contribution in [-0.4, -0.2) is 36.3 Å². The average molecular weight is 353 g/mol. The van der Waals surface area contributed by atoms with E-state index < -0.39 is 0 Å². The maximum absolute atomic E-state index is 12.3. The van der Waals surface area contributed by atoms with Crippen molar-refractivity contribution in [3.05, 3.63) is 65.7 Å². The summed E-state index contributed by atoms with van der Waals surface area (Å²) in [6.45, 7) is 7.52. The molecule has 138 valence electrons. The van der Waals surface area contributed by atoms with Crippen molar-refractivity contribution in [2.45, 2.75) is 26.8 Å². The summed E-state index contributed by atoms with van der Waals surface area (Å²) in [4.78, 5) is 26.2. The fourth-order valence-corrected chi connectivity index (χ4v) is 2.70. The van der Waals surface area contributed by atoms with E-state index >= 15 is 0 Å². The standard InChI is InChI=1S/C21H27N3O2/c1-4-24(5-2)21(26)18-11-13-19(14-12-18)23-20(25)15-22-16(3)17-9-7-6-8-10-17/h6-14,16,22H,4-5,15H2,1-3H3,(H,23,25)/t16-/m1/s1. The lowest BCUT2D eigenvalue weighted by atomic mass is 10.1. The second-order valence-electron chi connectivity index (χ2n) is 6.12. The van der Waals surface area contributed by atoms with Gasteiger partial charge in [0.05, 0.1) is 6.54 Å². The van der Waals surface area contributed by atoms with Crippen molar-refractivity contribution in [2.24, 2.45) is 0 Å². The lowest BCUT2D eigenvalue weighted by Crippen LogP contribution is -2.31. The molecule has 0 saturated heterocycles. The predicted octanol–water partition coefficient (Wildman–Crippen LogP) is 3.46. The number of benzene rings is 2. The van der Waals surface area contributed by atoms with Crippen LogP contribution in [0.1, 0.15) is 42.7 Å². The van der Waals surface area contributed by atoms with Gasteiger partial charge in [0.1, 0.15) is 0 Å². The first-order chi connectivity index (χ1) is 12.5. The zero-order chi connectivity index (χ0) is 18.9. The van der Waals surface area contributed by atoms with Gasteiger partial charge >= 0.3 is 0 Å². The molecule has 2 aromatic carbocycles. The van der Waals surface area contributed by atoms with E-state index in [-0.39, 0.29) is 24.4 Å². The molecule has 0 radical (unpaired) electrons. The topological polar surface area (TPSA) is 61.4 Å². The van der Waals surface area contributed by atoms with E-state index in [2.05, 4.69) is 10.6 Å². The highest BCUT2D eigenvalue weighted by Crippen LogP contribution is 2.13. The van der Waals surface area contributed by atoms with Crippen LogP contribution in [-0.2, 0) is 4.79 Å². The molecule has 5 nitrogen and oxygen atoms in total. The second-order valence-corrected chi connectivity index (χ2v) is 6.12. The second kappa shape index (κ2) is 9.73. The fourth-order valence-electron chi connectivity index (χ4n) is 2.70. The first-order valence-electron chi connectivity index (χ1n) is 9.02. The van der Waals surface area contributed by atoms with Crippen LogP contribution in [0.2, 0.25) is 0 Å². The average Bonchev–Trinajstić information content (AvgIpc) is 2.68. The minimum atomic E-state index is -0.115. The molecule has 2 aromatic rings.